The molecule has 26 heavy (non-hydrogen) atoms. The lowest BCUT2D eigenvalue weighted by atomic mass is 9.72. The van der Waals surface area contributed by atoms with Gasteiger partial charge in [0.25, 0.3) is 0 Å². The van der Waals surface area contributed by atoms with Gasteiger partial charge in [-0.25, -0.2) is 4.57 Å². The van der Waals surface area contributed by atoms with Crippen molar-refractivity contribution in [1.29, 1.82) is 0 Å². The fraction of sp³-hybridized carbons (Fsp3) is 0.364. The van der Waals surface area contributed by atoms with Crippen molar-refractivity contribution in [2.75, 3.05) is 0 Å². The number of carbonyl (C=O) groups is 1. The molecule has 0 aromatic carbocycles. The van der Waals surface area contributed by atoms with Gasteiger partial charge in [0.05, 0.1) is 9.49 Å². The smallest absolute Gasteiger partial charge is 0.169 e. The molecule has 2 unspecified atom stereocenters. The Morgan fingerprint density at radius 1 is 1.00 bits per heavy atom. The standard InChI is InChI=1S/C22H22NOS2/c1-21-18(11-15(13-24)25-21)16-5-4-6-17(16)19-12-20(26-22(19,21)2)14-7-9-23(3)10-8-14/h7-13H,4-6H2,1-3H3/q+1. The van der Waals surface area contributed by atoms with Crippen LogP contribution in [0.2, 0.25) is 0 Å². The largest absolute Gasteiger partial charge is 0.297 e. The summed E-state index contributed by atoms with van der Waals surface area (Å²) in [5, 5.41) is 0. The summed E-state index contributed by atoms with van der Waals surface area (Å²) in [6.07, 6.45) is 13.4. The van der Waals surface area contributed by atoms with Crippen molar-refractivity contribution in [3.8, 4) is 0 Å². The highest BCUT2D eigenvalue weighted by atomic mass is 32.2. The molecule has 4 heteroatoms. The lowest BCUT2D eigenvalue weighted by Gasteiger charge is -2.47. The van der Waals surface area contributed by atoms with Gasteiger partial charge in [0.1, 0.15) is 7.05 Å². The van der Waals surface area contributed by atoms with Crippen molar-refractivity contribution in [2.24, 2.45) is 7.05 Å². The maximum Gasteiger partial charge on any atom is 0.169 e. The monoisotopic (exact) mass is 380 g/mol. The normalized spacial score (nSPS) is 32.3. The molecule has 132 valence electrons. The maximum atomic E-state index is 11.6. The van der Waals surface area contributed by atoms with Gasteiger partial charge in [-0.15, -0.1) is 23.5 Å². The molecule has 2 aliphatic carbocycles. The van der Waals surface area contributed by atoms with E-state index in [0.29, 0.717) is 0 Å². The fourth-order valence-electron chi connectivity index (χ4n) is 4.84. The predicted octanol–water partition coefficient (Wildman–Crippen LogP) is 4.74. The third kappa shape index (κ3) is 2.03. The fourth-order valence-corrected chi connectivity index (χ4v) is 7.85. The summed E-state index contributed by atoms with van der Waals surface area (Å²) in [6, 6.07) is 4.40. The van der Waals surface area contributed by atoms with Crippen LogP contribution >= 0.6 is 23.5 Å². The minimum atomic E-state index is -0.0793. The van der Waals surface area contributed by atoms with Crippen molar-refractivity contribution in [2.45, 2.75) is 42.6 Å². The number of fused-ring (bicyclic) bond motifs is 4. The van der Waals surface area contributed by atoms with Crippen LogP contribution in [0.4, 0.5) is 0 Å². The molecule has 0 bridgehead atoms. The van der Waals surface area contributed by atoms with Crippen LogP contribution in [-0.4, -0.2) is 15.8 Å². The average Bonchev–Trinajstić information content (AvgIpc) is 3.31. The molecule has 1 saturated carbocycles. The first-order chi connectivity index (χ1) is 12.5. The molecule has 0 amide bonds. The van der Waals surface area contributed by atoms with Gasteiger partial charge in [0.15, 0.2) is 18.7 Å². The van der Waals surface area contributed by atoms with Crippen molar-refractivity contribution in [3.05, 3.63) is 69.4 Å². The zero-order chi connectivity index (χ0) is 18.1. The van der Waals surface area contributed by atoms with Gasteiger partial charge in [0.2, 0.25) is 0 Å². The van der Waals surface area contributed by atoms with E-state index >= 15 is 0 Å². The molecule has 2 atom stereocenters. The van der Waals surface area contributed by atoms with Gasteiger partial charge in [-0.1, -0.05) is 0 Å². The maximum absolute atomic E-state index is 11.6. The summed E-state index contributed by atoms with van der Waals surface area (Å²) in [5.41, 5.74) is 7.26. The predicted molar refractivity (Wildman–Crippen MR) is 110 cm³/mol. The van der Waals surface area contributed by atoms with Crippen LogP contribution in [0, 0.1) is 0 Å². The number of aromatic nitrogens is 1. The average molecular weight is 381 g/mol. The van der Waals surface area contributed by atoms with Gasteiger partial charge < -0.3 is 0 Å². The SMILES string of the molecule is C[n+]1ccc(C2=CC3=C4CCCC4=C4C=C(C=O)SC4(C)C3(C)S2)cc1. The molecular weight excluding hydrogens is 358 g/mol. The molecule has 0 radical (unpaired) electrons. The lowest BCUT2D eigenvalue weighted by molar-refractivity contribution is -0.671. The highest BCUT2D eigenvalue weighted by molar-refractivity contribution is 8.12. The zero-order valence-electron chi connectivity index (χ0n) is 15.3. The number of rotatable bonds is 2. The topological polar surface area (TPSA) is 20.9 Å². The second kappa shape index (κ2) is 5.49. The van der Waals surface area contributed by atoms with Gasteiger partial charge in [-0.2, -0.15) is 0 Å². The number of aryl methyl sites for hydroxylation is 1. The molecule has 3 heterocycles. The first-order valence-electron chi connectivity index (χ1n) is 9.16. The number of aldehydes is 1. The number of thioether (sulfide) groups is 2. The number of nitrogens with zero attached hydrogens (tertiary/aromatic N) is 1. The Morgan fingerprint density at radius 3 is 2.27 bits per heavy atom. The number of pyridine rings is 1. The zero-order valence-corrected chi connectivity index (χ0v) is 17.0. The molecule has 2 aliphatic heterocycles. The van der Waals surface area contributed by atoms with Crippen LogP contribution in [0.25, 0.3) is 4.91 Å². The second-order valence-electron chi connectivity index (χ2n) is 7.83. The van der Waals surface area contributed by atoms with Crippen molar-refractivity contribution < 1.29 is 9.36 Å². The Balaban J connectivity index is 1.69. The third-order valence-electron chi connectivity index (χ3n) is 6.38. The Morgan fingerprint density at radius 2 is 1.62 bits per heavy atom. The van der Waals surface area contributed by atoms with Gasteiger partial charge in [0, 0.05) is 21.9 Å². The van der Waals surface area contributed by atoms with Gasteiger partial charge in [-0.05, 0) is 73.1 Å². The molecule has 0 spiro atoms. The van der Waals surface area contributed by atoms with Gasteiger partial charge >= 0.3 is 0 Å². The van der Waals surface area contributed by atoms with E-state index in [-0.39, 0.29) is 9.49 Å². The van der Waals surface area contributed by atoms with Crippen LogP contribution in [0.5, 0.6) is 0 Å². The Labute approximate surface area is 163 Å². The first kappa shape index (κ1) is 16.6. The molecule has 2 nitrogen and oxygen atoms in total. The Hall–Kier alpha value is -1.52. The quantitative estimate of drug-likeness (QED) is 0.546. The van der Waals surface area contributed by atoms with Crippen molar-refractivity contribution in [3.63, 3.8) is 0 Å². The minimum Gasteiger partial charge on any atom is -0.297 e. The van der Waals surface area contributed by atoms with Gasteiger partial charge in [-0.3, -0.25) is 4.79 Å². The Bertz CT molecular complexity index is 966. The van der Waals surface area contributed by atoms with Crippen molar-refractivity contribution >= 4 is 34.7 Å². The summed E-state index contributed by atoms with van der Waals surface area (Å²) in [6.45, 7) is 4.73. The van der Waals surface area contributed by atoms with Crippen LogP contribution in [0.3, 0.4) is 0 Å². The van der Waals surface area contributed by atoms with E-state index in [9.17, 15) is 4.79 Å². The second-order valence-corrected chi connectivity index (χ2v) is 10.8. The molecule has 1 fully saturated rings. The molecule has 1 aromatic rings. The minimum absolute atomic E-state index is 0.0369. The molecule has 5 rings (SSSR count). The highest BCUT2D eigenvalue weighted by Gasteiger charge is 2.59. The lowest BCUT2D eigenvalue weighted by Crippen LogP contribution is -2.47. The van der Waals surface area contributed by atoms with E-state index in [1.165, 1.54) is 40.0 Å². The van der Waals surface area contributed by atoms with E-state index < -0.39 is 0 Å². The molecule has 0 saturated heterocycles. The highest BCUT2D eigenvalue weighted by Crippen LogP contribution is 2.69. The van der Waals surface area contributed by atoms with Crippen LogP contribution < -0.4 is 4.57 Å². The van der Waals surface area contributed by atoms with E-state index in [1.807, 2.05) is 11.8 Å². The van der Waals surface area contributed by atoms with E-state index in [1.54, 1.807) is 17.3 Å². The third-order valence-corrected chi connectivity index (χ3v) is 9.61. The molecule has 4 aliphatic rings. The first-order valence-corrected chi connectivity index (χ1v) is 10.8. The van der Waals surface area contributed by atoms with E-state index in [2.05, 4.69) is 62.1 Å². The number of hydrogen-bond acceptors (Lipinski definition) is 3. The number of hydrogen-bond donors (Lipinski definition) is 0. The van der Waals surface area contributed by atoms with E-state index in [4.69, 9.17) is 0 Å². The summed E-state index contributed by atoms with van der Waals surface area (Å²) in [7, 11) is 2.05. The summed E-state index contributed by atoms with van der Waals surface area (Å²) in [5.74, 6) is 0. The summed E-state index contributed by atoms with van der Waals surface area (Å²) >= 11 is 3.75. The van der Waals surface area contributed by atoms with Crippen LogP contribution in [0.15, 0.2) is 63.9 Å². The Kier molecular flexibility index (Phi) is 3.51. The summed E-state index contributed by atoms with van der Waals surface area (Å²) < 4.78 is 1.96. The molecular formula is C22H22NOS2+. The summed E-state index contributed by atoms with van der Waals surface area (Å²) in [4.78, 5) is 13.8. The van der Waals surface area contributed by atoms with Crippen LogP contribution in [0.1, 0.15) is 38.7 Å². The number of allylic oxidation sites excluding steroid dienone is 5. The van der Waals surface area contributed by atoms with E-state index in [0.717, 1.165) is 17.6 Å². The molecule has 1 aromatic heterocycles. The number of carbonyl (C=O) groups excluding carboxylic acids is 1. The van der Waals surface area contributed by atoms with Crippen LogP contribution in [-0.2, 0) is 11.8 Å². The molecule has 0 N–H and O–H groups in total. The van der Waals surface area contributed by atoms with Crippen molar-refractivity contribution in [1.82, 2.24) is 0 Å².